The van der Waals surface area contributed by atoms with E-state index >= 15 is 0 Å². The number of ether oxygens (including phenoxy) is 2. The number of amidine groups is 1. The highest BCUT2D eigenvalue weighted by Crippen LogP contribution is 2.33. The second-order valence-electron chi connectivity index (χ2n) is 6.33. The number of aliphatic imine (C=N–C) groups is 1. The van der Waals surface area contributed by atoms with E-state index in [9.17, 15) is 5.11 Å². The van der Waals surface area contributed by atoms with Crippen LogP contribution in [-0.2, 0) is 0 Å². The molecule has 2 aromatic heterocycles. The third kappa shape index (κ3) is 4.25. The summed E-state index contributed by atoms with van der Waals surface area (Å²) in [6, 6.07) is 13.9. The smallest absolute Gasteiger partial charge is 0.215 e. The van der Waals surface area contributed by atoms with Gasteiger partial charge >= 0.3 is 0 Å². The van der Waals surface area contributed by atoms with Crippen LogP contribution in [0, 0.1) is 0 Å². The van der Waals surface area contributed by atoms with Gasteiger partial charge in [0.05, 0.1) is 31.1 Å². The molecule has 1 aromatic carbocycles. The Morgan fingerprint density at radius 2 is 2.14 bits per heavy atom. The zero-order valence-electron chi connectivity index (χ0n) is 15.7. The molecule has 148 valence electrons. The molecule has 0 fully saturated rings. The molecular weight excluding hydrogens is 392 g/mol. The zero-order chi connectivity index (χ0) is 20.2. The summed E-state index contributed by atoms with van der Waals surface area (Å²) >= 11 is 6.11. The van der Waals surface area contributed by atoms with Crippen LogP contribution in [0.3, 0.4) is 0 Å². The number of hydrogen-bond donors (Lipinski definition) is 0. The van der Waals surface area contributed by atoms with Crippen molar-refractivity contribution in [1.82, 2.24) is 9.97 Å². The Labute approximate surface area is 173 Å². The van der Waals surface area contributed by atoms with Gasteiger partial charge in [-0.1, -0.05) is 23.7 Å². The number of pyridine rings is 2. The Morgan fingerprint density at radius 3 is 2.97 bits per heavy atom. The number of fused-ring (bicyclic) bond motifs is 1. The molecule has 3 aromatic rings. The third-order valence-corrected chi connectivity index (χ3v) is 4.62. The van der Waals surface area contributed by atoms with E-state index in [-0.39, 0.29) is 0 Å². The molecule has 0 bridgehead atoms. The van der Waals surface area contributed by atoms with Crippen molar-refractivity contribution in [3.8, 4) is 22.9 Å². The summed E-state index contributed by atoms with van der Waals surface area (Å²) in [4.78, 5) is 14.4. The molecule has 7 nitrogen and oxygen atoms in total. The summed E-state index contributed by atoms with van der Waals surface area (Å²) < 4.78 is 10.9. The predicted octanol–water partition coefficient (Wildman–Crippen LogP) is 3.44. The molecule has 0 radical (unpaired) electrons. The number of anilines is 1. The van der Waals surface area contributed by atoms with E-state index in [1.54, 1.807) is 24.4 Å². The van der Waals surface area contributed by atoms with Crippen molar-refractivity contribution in [2.75, 3.05) is 25.2 Å². The van der Waals surface area contributed by atoms with E-state index in [2.05, 4.69) is 15.0 Å². The molecule has 4 rings (SSSR count). The van der Waals surface area contributed by atoms with Crippen molar-refractivity contribution in [1.29, 1.82) is 0 Å². The Balaban J connectivity index is 1.73. The summed E-state index contributed by atoms with van der Waals surface area (Å²) in [6.45, 7) is 0.946. The minimum atomic E-state index is -0.430. The monoisotopic (exact) mass is 409 g/mol. The minimum Gasteiger partial charge on any atom is -0.846 e. The summed E-state index contributed by atoms with van der Waals surface area (Å²) in [7, 11) is 1.51. The average Bonchev–Trinajstić information content (AvgIpc) is 2.96. The molecular formula is C21H18ClN4O3-. The number of halogens is 1. The van der Waals surface area contributed by atoms with E-state index in [0.29, 0.717) is 53.4 Å². The highest BCUT2D eigenvalue weighted by atomic mass is 35.5. The fourth-order valence-corrected chi connectivity index (χ4v) is 3.19. The first-order chi connectivity index (χ1) is 14.1. The lowest BCUT2D eigenvalue weighted by molar-refractivity contribution is -0.217. The molecule has 0 spiro atoms. The maximum absolute atomic E-state index is 13.0. The van der Waals surface area contributed by atoms with Crippen LogP contribution in [0.15, 0.2) is 59.7 Å². The van der Waals surface area contributed by atoms with E-state index in [1.807, 2.05) is 30.3 Å². The van der Waals surface area contributed by atoms with Crippen LogP contribution in [0.2, 0.25) is 5.02 Å². The lowest BCUT2D eigenvalue weighted by Gasteiger charge is -2.28. The van der Waals surface area contributed by atoms with Crippen molar-refractivity contribution >= 4 is 29.1 Å². The van der Waals surface area contributed by atoms with Gasteiger partial charge in [-0.2, -0.15) is 0 Å². The summed E-state index contributed by atoms with van der Waals surface area (Å²) in [6.07, 6.45) is 2.21. The van der Waals surface area contributed by atoms with Gasteiger partial charge < -0.3 is 19.5 Å². The first-order valence-electron chi connectivity index (χ1n) is 9.07. The fourth-order valence-electron chi connectivity index (χ4n) is 3.00. The topological polar surface area (TPSA) is 82.9 Å². The molecule has 0 unspecified atom stereocenters. The van der Waals surface area contributed by atoms with Gasteiger partial charge in [0.2, 0.25) is 5.88 Å². The molecule has 0 saturated heterocycles. The first kappa shape index (κ1) is 19.0. The van der Waals surface area contributed by atoms with Crippen LogP contribution >= 0.6 is 11.6 Å². The molecule has 0 aliphatic carbocycles. The van der Waals surface area contributed by atoms with Crippen LogP contribution in [0.25, 0.3) is 11.3 Å². The second kappa shape index (κ2) is 8.36. The molecule has 1 aliphatic rings. The molecule has 0 N–H and O–H groups in total. The minimum absolute atomic E-state index is 0.389. The highest BCUT2D eigenvalue weighted by Gasteiger charge is 2.19. The van der Waals surface area contributed by atoms with E-state index in [4.69, 9.17) is 21.1 Å². The fraction of sp³-hybridized carbons (Fsp3) is 0.190. The van der Waals surface area contributed by atoms with Crippen LogP contribution in [0.4, 0.5) is 11.5 Å². The molecule has 0 amide bonds. The standard InChI is InChI=1S/C21H19ClN4O3/c1-28-19-13-16(8-9-23-19)24-21(27)26-10-3-11-29-18-7-6-17(25-20(18)26)14-4-2-5-15(22)12-14/h2,4-9,12-13H,3,10-11H2,1H3,(H,23,24,27)/p-1. The van der Waals surface area contributed by atoms with Crippen molar-refractivity contribution in [2.24, 2.45) is 4.99 Å². The first-order valence-corrected chi connectivity index (χ1v) is 9.45. The van der Waals surface area contributed by atoms with E-state index in [0.717, 1.165) is 5.56 Å². The quantitative estimate of drug-likeness (QED) is 0.486. The van der Waals surface area contributed by atoms with Gasteiger partial charge in [-0.05, 0) is 36.8 Å². The predicted molar refractivity (Wildman–Crippen MR) is 110 cm³/mol. The highest BCUT2D eigenvalue weighted by molar-refractivity contribution is 6.30. The largest absolute Gasteiger partial charge is 0.846 e. The number of aromatic nitrogens is 2. The maximum atomic E-state index is 13.0. The number of benzene rings is 1. The van der Waals surface area contributed by atoms with Gasteiger partial charge in [-0.3, -0.25) is 0 Å². The molecule has 0 atom stereocenters. The van der Waals surface area contributed by atoms with Gasteiger partial charge in [-0.25, -0.2) is 15.0 Å². The lowest BCUT2D eigenvalue weighted by atomic mass is 10.1. The molecule has 0 saturated carbocycles. The number of nitrogens with zero attached hydrogens (tertiary/aromatic N) is 4. The summed E-state index contributed by atoms with van der Waals surface area (Å²) in [5.74, 6) is 1.37. The van der Waals surface area contributed by atoms with E-state index < -0.39 is 6.02 Å². The Morgan fingerprint density at radius 1 is 1.24 bits per heavy atom. The van der Waals surface area contributed by atoms with Crippen LogP contribution in [-0.4, -0.2) is 36.3 Å². The van der Waals surface area contributed by atoms with Crippen molar-refractivity contribution in [2.45, 2.75) is 6.42 Å². The van der Waals surface area contributed by atoms with Crippen LogP contribution in [0.5, 0.6) is 11.6 Å². The van der Waals surface area contributed by atoms with Crippen LogP contribution in [0.1, 0.15) is 6.42 Å². The van der Waals surface area contributed by atoms with Gasteiger partial charge in [-0.15, -0.1) is 0 Å². The second-order valence-corrected chi connectivity index (χ2v) is 6.77. The molecule has 8 heteroatoms. The number of methoxy groups -OCH3 is 1. The van der Waals surface area contributed by atoms with Crippen molar-refractivity contribution in [3.63, 3.8) is 0 Å². The average molecular weight is 410 g/mol. The van der Waals surface area contributed by atoms with Gasteiger partial charge in [0.15, 0.2) is 11.6 Å². The maximum Gasteiger partial charge on any atom is 0.215 e. The van der Waals surface area contributed by atoms with Gasteiger partial charge in [0.25, 0.3) is 0 Å². The summed E-state index contributed by atoms with van der Waals surface area (Å²) in [5.41, 5.74) is 2.01. The van der Waals surface area contributed by atoms with E-state index in [1.165, 1.54) is 12.0 Å². The number of hydrogen-bond acceptors (Lipinski definition) is 6. The molecule has 1 aliphatic heterocycles. The van der Waals surface area contributed by atoms with Crippen molar-refractivity contribution < 1.29 is 14.6 Å². The van der Waals surface area contributed by atoms with Crippen LogP contribution < -0.4 is 19.5 Å². The normalized spacial score (nSPS) is 14.0. The van der Waals surface area contributed by atoms with Gasteiger partial charge in [0.1, 0.15) is 0 Å². The Hall–Kier alpha value is -3.32. The molecule has 3 heterocycles. The Kier molecular flexibility index (Phi) is 5.48. The van der Waals surface area contributed by atoms with Gasteiger partial charge in [0, 0.05) is 29.4 Å². The third-order valence-electron chi connectivity index (χ3n) is 4.38. The molecule has 29 heavy (non-hydrogen) atoms. The Bertz CT molecular complexity index is 1060. The summed E-state index contributed by atoms with van der Waals surface area (Å²) in [5, 5.41) is 13.6. The lowest BCUT2D eigenvalue weighted by Crippen LogP contribution is -2.41. The SMILES string of the molecule is COc1cc(N=C([O-])N2CCCOc3ccc(-c4cccc(Cl)c4)nc32)ccn1. The zero-order valence-corrected chi connectivity index (χ0v) is 16.5. The van der Waals surface area contributed by atoms with Crippen molar-refractivity contribution in [3.05, 3.63) is 59.8 Å². The number of rotatable bonds is 3.